The number of nitrogens with two attached hydrogens (primary N) is 1. The molecule has 8 nitrogen and oxygen atoms in total. The first-order valence-corrected chi connectivity index (χ1v) is 15.3. The molecule has 214 valence electrons. The maximum absolute atomic E-state index is 6.49. The van der Waals surface area contributed by atoms with Gasteiger partial charge in [0.05, 0.1) is 11.2 Å². The Labute approximate surface area is 250 Å². The molecule has 8 rings (SSSR count). The van der Waals surface area contributed by atoms with Gasteiger partial charge in [0.25, 0.3) is 0 Å². The minimum atomic E-state index is 0.395. The topological polar surface area (TPSA) is 98.1 Å². The van der Waals surface area contributed by atoms with Crippen LogP contribution in [0.1, 0.15) is 43.3 Å². The Kier molecular flexibility index (Phi) is 6.56. The highest BCUT2D eigenvalue weighted by Gasteiger charge is 2.38. The van der Waals surface area contributed by atoms with Crippen molar-refractivity contribution in [2.24, 2.45) is 5.92 Å². The van der Waals surface area contributed by atoms with Crippen LogP contribution >= 0.6 is 0 Å². The molecule has 0 bridgehead atoms. The highest BCUT2D eigenvalue weighted by Crippen LogP contribution is 2.43. The Hall–Kier alpha value is -4.69. The van der Waals surface area contributed by atoms with Crippen LogP contribution in [-0.2, 0) is 6.42 Å². The van der Waals surface area contributed by atoms with Gasteiger partial charge >= 0.3 is 0 Å². The van der Waals surface area contributed by atoms with Crippen molar-refractivity contribution in [3.63, 3.8) is 0 Å². The molecule has 0 radical (unpaired) electrons. The fourth-order valence-electron chi connectivity index (χ4n) is 6.92. The van der Waals surface area contributed by atoms with E-state index in [1.54, 1.807) is 6.20 Å². The summed E-state index contributed by atoms with van der Waals surface area (Å²) >= 11 is 0. The highest BCUT2D eigenvalue weighted by molar-refractivity contribution is 5.91. The molecule has 2 N–H and O–H groups in total. The van der Waals surface area contributed by atoms with E-state index in [9.17, 15) is 0 Å². The summed E-state index contributed by atoms with van der Waals surface area (Å²) < 4.78 is 2.17. The minimum Gasteiger partial charge on any atom is -0.382 e. The van der Waals surface area contributed by atoms with Gasteiger partial charge in [-0.3, -0.25) is 4.40 Å². The molecule has 0 spiro atoms. The van der Waals surface area contributed by atoms with Crippen molar-refractivity contribution in [1.82, 2.24) is 34.2 Å². The van der Waals surface area contributed by atoms with E-state index in [1.165, 1.54) is 12.8 Å². The fraction of sp³-hybridized carbons (Fsp3) is 0.286. The second-order valence-corrected chi connectivity index (χ2v) is 12.0. The van der Waals surface area contributed by atoms with Crippen LogP contribution in [-0.4, -0.2) is 53.4 Å². The van der Waals surface area contributed by atoms with Crippen LogP contribution in [0.3, 0.4) is 0 Å². The summed E-state index contributed by atoms with van der Waals surface area (Å²) in [5.41, 5.74) is 12.3. The number of pyridine rings is 1. The van der Waals surface area contributed by atoms with E-state index >= 15 is 0 Å². The quantitative estimate of drug-likeness (QED) is 0.257. The molecule has 4 aromatic heterocycles. The summed E-state index contributed by atoms with van der Waals surface area (Å²) in [6, 6.07) is 23.4. The summed E-state index contributed by atoms with van der Waals surface area (Å²) in [4.78, 5) is 26.2. The maximum Gasteiger partial charge on any atom is 0.150 e. The van der Waals surface area contributed by atoms with E-state index in [0.717, 1.165) is 82.9 Å². The molecule has 2 aromatic carbocycles. The predicted octanol–water partition coefficient (Wildman–Crippen LogP) is 6.18. The van der Waals surface area contributed by atoms with Gasteiger partial charge in [0.15, 0.2) is 0 Å². The molecule has 43 heavy (non-hydrogen) atoms. The number of likely N-dealkylation sites (tertiary alicyclic amines) is 1. The smallest absolute Gasteiger partial charge is 0.150 e. The van der Waals surface area contributed by atoms with Crippen LogP contribution in [0.5, 0.6) is 0 Å². The molecule has 1 aliphatic heterocycles. The monoisotopic (exact) mass is 566 g/mol. The predicted molar refractivity (Wildman–Crippen MR) is 169 cm³/mol. The first-order valence-electron chi connectivity index (χ1n) is 15.3. The Morgan fingerprint density at radius 1 is 0.791 bits per heavy atom. The number of imidazole rings is 1. The molecule has 1 aliphatic carbocycles. The van der Waals surface area contributed by atoms with Crippen molar-refractivity contribution in [3.05, 3.63) is 103 Å². The second-order valence-electron chi connectivity index (χ2n) is 12.0. The molecule has 2 aliphatic rings. The molecule has 1 saturated carbocycles. The van der Waals surface area contributed by atoms with Gasteiger partial charge in [-0.25, -0.2) is 24.9 Å². The van der Waals surface area contributed by atoms with Crippen molar-refractivity contribution >= 4 is 22.2 Å². The van der Waals surface area contributed by atoms with Gasteiger partial charge in [-0.2, -0.15) is 0 Å². The summed E-state index contributed by atoms with van der Waals surface area (Å²) in [7, 11) is 0. The van der Waals surface area contributed by atoms with E-state index in [0.29, 0.717) is 23.7 Å². The van der Waals surface area contributed by atoms with Crippen LogP contribution in [0.2, 0.25) is 0 Å². The number of fused-ring (bicyclic) bond motifs is 2. The van der Waals surface area contributed by atoms with Crippen LogP contribution in [0.15, 0.2) is 91.5 Å². The SMILES string of the molecule is Nc1nccn2c1c(-c1ccc3ccc(-c4ccccc4)nc3c1)nc2[C@H]1C[C@@H](N2CCC(Cc3ncccn3)CC2)C1. The first kappa shape index (κ1) is 26.0. The first-order chi connectivity index (χ1) is 21.2. The molecule has 1 saturated heterocycles. The molecule has 0 unspecified atom stereocenters. The van der Waals surface area contributed by atoms with E-state index in [2.05, 4.69) is 66.7 Å². The largest absolute Gasteiger partial charge is 0.382 e. The van der Waals surface area contributed by atoms with Gasteiger partial charge in [-0.15, -0.1) is 0 Å². The normalized spacial score (nSPS) is 19.5. The number of hydrogen-bond acceptors (Lipinski definition) is 7. The minimum absolute atomic E-state index is 0.395. The Bertz CT molecular complexity index is 1890. The lowest BCUT2D eigenvalue weighted by Crippen LogP contribution is -2.48. The Balaban J connectivity index is 1.03. The number of anilines is 1. The van der Waals surface area contributed by atoms with Crippen molar-refractivity contribution in [1.29, 1.82) is 0 Å². The third-order valence-electron chi connectivity index (χ3n) is 9.38. The van der Waals surface area contributed by atoms with Crippen LogP contribution in [0.25, 0.3) is 38.9 Å². The molecule has 6 aromatic rings. The summed E-state index contributed by atoms with van der Waals surface area (Å²) in [5, 5.41) is 1.10. The summed E-state index contributed by atoms with van der Waals surface area (Å²) in [6.45, 7) is 2.29. The molecule has 0 atom stereocenters. The standard InChI is InChI=1S/C35H34N8/c36-34-33-32(26-8-7-25-9-10-29(40-30(25)22-26)24-5-2-1-3-6-24)41-35(43(33)18-15-39-34)27-20-28(21-27)42-16-11-23(12-17-42)19-31-37-13-4-14-38-31/h1-10,13-15,18,22-23,27-28H,11-12,16-17,19-21H2,(H2,36,39)/t27-,28+. The van der Waals surface area contributed by atoms with Crippen LogP contribution < -0.4 is 5.73 Å². The summed E-state index contributed by atoms with van der Waals surface area (Å²) in [6.07, 6.45) is 13.1. The number of benzene rings is 2. The van der Waals surface area contributed by atoms with Crippen molar-refractivity contribution in [3.8, 4) is 22.5 Å². The Morgan fingerprint density at radius 3 is 2.40 bits per heavy atom. The van der Waals surface area contributed by atoms with Crippen molar-refractivity contribution in [2.75, 3.05) is 18.8 Å². The third-order valence-corrected chi connectivity index (χ3v) is 9.38. The van der Waals surface area contributed by atoms with Gasteiger partial charge < -0.3 is 10.6 Å². The van der Waals surface area contributed by atoms with E-state index in [1.807, 2.05) is 42.9 Å². The molecule has 8 heteroatoms. The summed E-state index contributed by atoms with van der Waals surface area (Å²) in [5.74, 6) is 3.62. The van der Waals surface area contributed by atoms with Crippen LogP contribution in [0, 0.1) is 5.92 Å². The van der Waals surface area contributed by atoms with Gasteiger partial charge in [-0.05, 0) is 62.9 Å². The lowest BCUT2D eigenvalue weighted by Gasteiger charge is -2.45. The van der Waals surface area contributed by atoms with E-state index in [-0.39, 0.29) is 0 Å². The van der Waals surface area contributed by atoms with Crippen molar-refractivity contribution in [2.45, 2.75) is 44.1 Å². The van der Waals surface area contributed by atoms with E-state index in [4.69, 9.17) is 15.7 Å². The van der Waals surface area contributed by atoms with Gasteiger partial charge in [0, 0.05) is 59.7 Å². The number of nitrogens with zero attached hydrogens (tertiary/aromatic N) is 7. The number of aromatic nitrogens is 6. The molecular weight excluding hydrogens is 532 g/mol. The third kappa shape index (κ3) is 4.91. The second kappa shape index (κ2) is 10.9. The molecular formula is C35H34N8. The van der Waals surface area contributed by atoms with E-state index < -0.39 is 0 Å². The van der Waals surface area contributed by atoms with Crippen molar-refractivity contribution < 1.29 is 0 Å². The lowest BCUT2D eigenvalue weighted by atomic mass is 9.77. The zero-order chi connectivity index (χ0) is 28.8. The van der Waals surface area contributed by atoms with Gasteiger partial charge in [0.2, 0.25) is 0 Å². The number of rotatable bonds is 6. The lowest BCUT2D eigenvalue weighted by molar-refractivity contribution is 0.0687. The fourth-order valence-corrected chi connectivity index (χ4v) is 6.92. The molecule has 0 amide bonds. The zero-order valence-corrected chi connectivity index (χ0v) is 24.0. The average Bonchev–Trinajstić information content (AvgIpc) is 3.42. The zero-order valence-electron chi connectivity index (χ0n) is 24.0. The molecule has 2 fully saturated rings. The Morgan fingerprint density at radius 2 is 1.58 bits per heavy atom. The average molecular weight is 567 g/mol. The number of hydrogen-bond donors (Lipinski definition) is 1. The van der Waals surface area contributed by atoms with Crippen LogP contribution in [0.4, 0.5) is 5.82 Å². The number of nitrogen functional groups attached to an aromatic ring is 1. The number of piperidine rings is 1. The highest BCUT2D eigenvalue weighted by atomic mass is 15.2. The van der Waals surface area contributed by atoms with Gasteiger partial charge in [-0.1, -0.05) is 48.5 Å². The van der Waals surface area contributed by atoms with Gasteiger partial charge in [0.1, 0.15) is 28.7 Å². The molecule has 5 heterocycles. The maximum atomic E-state index is 6.49.